The highest BCUT2D eigenvalue weighted by Gasteiger charge is 2.49. The number of nitrogens with zero attached hydrogens (tertiary/aromatic N) is 2. The number of hydrogen-bond acceptors (Lipinski definition) is 7. The van der Waals surface area contributed by atoms with Crippen molar-refractivity contribution in [2.45, 2.75) is 84.7 Å². The Balaban J connectivity index is 1.54. The second-order valence-corrected chi connectivity index (χ2v) is 10.7. The highest BCUT2D eigenvalue weighted by molar-refractivity contribution is 7.44. The maximum Gasteiger partial charge on any atom is 0.305 e. The van der Waals surface area contributed by atoms with Crippen molar-refractivity contribution < 1.29 is 23.3 Å². The van der Waals surface area contributed by atoms with E-state index >= 15 is 0 Å². The van der Waals surface area contributed by atoms with E-state index in [4.69, 9.17) is 23.8 Å². The first-order valence-electron chi connectivity index (χ1n) is 12.4. The van der Waals surface area contributed by atoms with Gasteiger partial charge in [0.15, 0.2) is 0 Å². The number of rotatable bonds is 16. The lowest BCUT2D eigenvalue weighted by Gasteiger charge is -2.35. The van der Waals surface area contributed by atoms with E-state index in [1.165, 1.54) is 0 Å². The van der Waals surface area contributed by atoms with E-state index in [1.807, 2.05) is 0 Å². The van der Waals surface area contributed by atoms with E-state index in [0.29, 0.717) is 70.1 Å². The minimum Gasteiger partial charge on any atom is -0.465 e. The molecule has 7 nitrogen and oxygen atoms in total. The van der Waals surface area contributed by atoms with Crippen LogP contribution < -0.4 is 0 Å². The van der Waals surface area contributed by atoms with Crippen LogP contribution in [0.2, 0.25) is 0 Å². The summed E-state index contributed by atoms with van der Waals surface area (Å²) in [5, 5.41) is 8.77. The summed E-state index contributed by atoms with van der Waals surface area (Å²) in [5.41, 5.74) is 0. The normalized spacial score (nSPS) is 22.7. The zero-order valence-electron chi connectivity index (χ0n) is 20.8. The molecular formula is C25H41N2O5P. The molecule has 2 unspecified atom stereocenters. The van der Waals surface area contributed by atoms with Crippen LogP contribution in [0.3, 0.4) is 0 Å². The molecule has 8 heteroatoms. The molecule has 4 atom stereocenters. The molecule has 0 aromatic carbocycles. The second-order valence-electron chi connectivity index (χ2n) is 9.20. The molecule has 0 aliphatic heterocycles. The highest BCUT2D eigenvalue weighted by atomic mass is 31.2. The second kappa shape index (κ2) is 15.6. The lowest BCUT2D eigenvalue weighted by molar-refractivity contribution is -0.144. The van der Waals surface area contributed by atoms with Gasteiger partial charge in [-0.25, -0.2) is 4.67 Å². The van der Waals surface area contributed by atoms with E-state index in [2.05, 4.69) is 50.3 Å². The van der Waals surface area contributed by atoms with Crippen molar-refractivity contribution >= 4 is 14.5 Å². The Morgan fingerprint density at radius 2 is 1.67 bits per heavy atom. The molecule has 1 saturated carbocycles. The molecular weight excluding hydrogens is 439 g/mol. The van der Waals surface area contributed by atoms with E-state index in [1.54, 1.807) is 0 Å². The minimum atomic E-state index is -1.24. The lowest BCUT2D eigenvalue weighted by atomic mass is 10.1. The molecule has 186 valence electrons. The molecule has 2 aliphatic carbocycles. The predicted octanol–water partition coefficient (Wildman–Crippen LogP) is 5.06. The molecule has 2 rings (SSSR count). The summed E-state index contributed by atoms with van der Waals surface area (Å²) >= 11 is 0. The molecule has 0 N–H and O–H groups in total. The SMILES string of the molecule is CC(C)N(C(C)C)P(OCCC#N)OCCOCCCC(=O)OCC1[C@H]2CCC#CCC[C@@H]12. The maximum absolute atomic E-state index is 12.1. The van der Waals surface area contributed by atoms with Gasteiger partial charge in [0, 0.05) is 38.0 Å². The first-order chi connectivity index (χ1) is 16.0. The predicted molar refractivity (Wildman–Crippen MR) is 129 cm³/mol. The first kappa shape index (κ1) is 28.0. The van der Waals surface area contributed by atoms with Crippen LogP contribution in [0.5, 0.6) is 0 Å². The van der Waals surface area contributed by atoms with Gasteiger partial charge in [0.2, 0.25) is 0 Å². The van der Waals surface area contributed by atoms with Crippen molar-refractivity contribution in [2.75, 3.05) is 33.0 Å². The van der Waals surface area contributed by atoms with Gasteiger partial charge in [-0.2, -0.15) is 5.26 Å². The molecule has 0 bridgehead atoms. The summed E-state index contributed by atoms with van der Waals surface area (Å²) in [7, 11) is -1.24. The smallest absolute Gasteiger partial charge is 0.305 e. The molecule has 0 saturated heterocycles. The number of fused-ring (bicyclic) bond motifs is 1. The molecule has 0 amide bonds. The number of esters is 1. The summed E-state index contributed by atoms with van der Waals surface area (Å²) in [6.45, 7) is 10.7. The van der Waals surface area contributed by atoms with Crippen molar-refractivity contribution in [1.29, 1.82) is 5.26 Å². The number of hydrogen-bond donors (Lipinski definition) is 0. The fourth-order valence-corrected chi connectivity index (χ4v) is 6.03. The Labute approximate surface area is 201 Å². The molecule has 0 aromatic rings. The summed E-state index contributed by atoms with van der Waals surface area (Å²) in [6.07, 6.45) is 5.61. The number of carbonyl (C=O) groups is 1. The van der Waals surface area contributed by atoms with Gasteiger partial charge in [0.1, 0.15) is 0 Å². The van der Waals surface area contributed by atoms with Crippen LogP contribution in [0.25, 0.3) is 0 Å². The summed E-state index contributed by atoms with van der Waals surface area (Å²) in [5.74, 6) is 8.22. The van der Waals surface area contributed by atoms with Crippen molar-refractivity contribution in [3.63, 3.8) is 0 Å². The third-order valence-electron chi connectivity index (χ3n) is 6.04. The molecule has 0 aromatic heterocycles. The third-order valence-corrected chi connectivity index (χ3v) is 8.15. The highest BCUT2D eigenvalue weighted by Crippen LogP contribution is 2.52. The van der Waals surface area contributed by atoms with Gasteiger partial charge in [-0.05, 0) is 64.7 Å². The van der Waals surface area contributed by atoms with Gasteiger partial charge in [-0.15, -0.1) is 11.8 Å². The summed E-state index contributed by atoms with van der Waals surface area (Å²) < 4.78 is 25.2. The monoisotopic (exact) mass is 480 g/mol. The number of ether oxygens (including phenoxy) is 2. The van der Waals surface area contributed by atoms with Gasteiger partial charge < -0.3 is 18.5 Å². The molecule has 0 radical (unpaired) electrons. The van der Waals surface area contributed by atoms with E-state index in [0.717, 1.165) is 25.7 Å². The average Bonchev–Trinajstić information content (AvgIpc) is 3.39. The van der Waals surface area contributed by atoms with E-state index in [-0.39, 0.29) is 18.1 Å². The Morgan fingerprint density at radius 3 is 2.27 bits per heavy atom. The Morgan fingerprint density at radius 1 is 1.03 bits per heavy atom. The average molecular weight is 481 g/mol. The maximum atomic E-state index is 12.1. The summed E-state index contributed by atoms with van der Waals surface area (Å²) in [6, 6.07) is 2.64. The Kier molecular flexibility index (Phi) is 13.3. The van der Waals surface area contributed by atoms with Crippen LogP contribution in [-0.2, 0) is 23.3 Å². The van der Waals surface area contributed by atoms with Gasteiger partial charge in [0.25, 0.3) is 8.53 Å². The van der Waals surface area contributed by atoms with Crippen LogP contribution in [0, 0.1) is 40.9 Å². The Bertz CT molecular complexity index is 659. The van der Waals surface area contributed by atoms with Crippen molar-refractivity contribution in [1.82, 2.24) is 4.67 Å². The van der Waals surface area contributed by atoms with E-state index in [9.17, 15) is 4.79 Å². The van der Waals surface area contributed by atoms with Crippen molar-refractivity contribution in [3.8, 4) is 17.9 Å². The van der Waals surface area contributed by atoms with E-state index < -0.39 is 8.53 Å². The van der Waals surface area contributed by atoms with Crippen LogP contribution in [0.4, 0.5) is 0 Å². The topological polar surface area (TPSA) is 81.0 Å². The van der Waals surface area contributed by atoms with Gasteiger partial charge >= 0.3 is 5.97 Å². The molecule has 33 heavy (non-hydrogen) atoms. The standard InChI is InChI=1S/C25H41N2O5P/c1-20(2)27(21(3)4)33(31-16-10-14-26)32-18-17-29-15-9-13-25(28)30-19-24-22-11-7-5-6-8-12-23(22)24/h20-24H,7-13,15-19H2,1-4H3/t22-,23+,24?,33?. The fraction of sp³-hybridized carbons (Fsp3) is 0.840. The van der Waals surface area contributed by atoms with Gasteiger partial charge in [0.05, 0.1) is 38.9 Å². The zero-order valence-corrected chi connectivity index (χ0v) is 21.6. The Hall–Kier alpha value is -1.21. The zero-order chi connectivity index (χ0) is 24.1. The fourth-order valence-electron chi connectivity index (χ4n) is 4.45. The van der Waals surface area contributed by atoms with Crippen LogP contribution in [0.1, 0.15) is 72.6 Å². The molecule has 2 aliphatic rings. The van der Waals surface area contributed by atoms with Gasteiger partial charge in [-0.3, -0.25) is 4.79 Å². The minimum absolute atomic E-state index is 0.135. The third kappa shape index (κ3) is 10.3. The van der Waals surface area contributed by atoms with Crippen LogP contribution in [0.15, 0.2) is 0 Å². The van der Waals surface area contributed by atoms with Crippen molar-refractivity contribution in [2.24, 2.45) is 17.8 Å². The summed E-state index contributed by atoms with van der Waals surface area (Å²) in [4.78, 5) is 12.1. The van der Waals surface area contributed by atoms with Crippen LogP contribution >= 0.6 is 8.53 Å². The number of nitriles is 1. The largest absolute Gasteiger partial charge is 0.465 e. The molecule has 1 fully saturated rings. The van der Waals surface area contributed by atoms with Crippen LogP contribution in [-0.4, -0.2) is 55.8 Å². The van der Waals surface area contributed by atoms with Crippen molar-refractivity contribution in [3.05, 3.63) is 0 Å². The number of carbonyl (C=O) groups excluding carboxylic acids is 1. The first-order valence-corrected chi connectivity index (χ1v) is 13.5. The molecule has 0 spiro atoms. The van der Waals surface area contributed by atoms with Gasteiger partial charge in [-0.1, -0.05) is 0 Å². The quantitative estimate of drug-likeness (QED) is 0.132. The lowest BCUT2D eigenvalue weighted by Crippen LogP contribution is -2.34. The molecule has 0 heterocycles.